The number of thioether (sulfide) groups is 1. The van der Waals surface area contributed by atoms with Gasteiger partial charge < -0.3 is 4.74 Å². The molecule has 1 heterocycles. The van der Waals surface area contributed by atoms with Crippen molar-refractivity contribution in [2.75, 3.05) is 0 Å². The van der Waals surface area contributed by atoms with Crippen LogP contribution < -0.4 is 0 Å². The van der Waals surface area contributed by atoms with Crippen molar-refractivity contribution in [3.63, 3.8) is 0 Å². The van der Waals surface area contributed by atoms with Crippen LogP contribution in [0.25, 0.3) is 0 Å². The number of carbonyl (C=O) groups is 1. The second-order valence-electron chi connectivity index (χ2n) is 3.42. The normalized spacial score (nSPS) is 12.9. The number of pyridine rings is 1. The highest BCUT2D eigenvalue weighted by Gasteiger charge is 2.18. The van der Waals surface area contributed by atoms with Crippen molar-refractivity contribution in [2.45, 2.75) is 30.2 Å². The van der Waals surface area contributed by atoms with Gasteiger partial charge in [-0.05, 0) is 26.0 Å². The van der Waals surface area contributed by atoms with Crippen LogP contribution in [-0.2, 0) is 4.74 Å². The standard InChI is InChI=1S/C12H11N3O2S/c1-8(6-13)17-12(16)10-4-3-5-15-11(10)18-9(2)7-14/h3-5,8-9H,1-2H3/t8-,9+/m1/s1. The molecule has 0 aromatic carbocycles. The summed E-state index contributed by atoms with van der Waals surface area (Å²) in [5.41, 5.74) is 0.270. The fourth-order valence-corrected chi connectivity index (χ4v) is 1.87. The minimum atomic E-state index is -0.816. The van der Waals surface area contributed by atoms with Crippen LogP contribution in [0.1, 0.15) is 24.2 Å². The van der Waals surface area contributed by atoms with Gasteiger partial charge in [0, 0.05) is 6.20 Å². The number of nitriles is 2. The lowest BCUT2D eigenvalue weighted by atomic mass is 10.3. The van der Waals surface area contributed by atoms with Gasteiger partial charge >= 0.3 is 5.97 Å². The number of aromatic nitrogens is 1. The van der Waals surface area contributed by atoms with Crippen LogP contribution in [0.3, 0.4) is 0 Å². The predicted octanol–water partition coefficient (Wildman–Crippen LogP) is 2.15. The van der Waals surface area contributed by atoms with E-state index in [1.165, 1.54) is 24.9 Å². The summed E-state index contributed by atoms with van der Waals surface area (Å²) in [6.45, 7) is 3.20. The number of hydrogen-bond donors (Lipinski definition) is 0. The highest BCUT2D eigenvalue weighted by Crippen LogP contribution is 2.24. The van der Waals surface area contributed by atoms with E-state index in [0.29, 0.717) is 5.03 Å². The van der Waals surface area contributed by atoms with Crippen LogP contribution in [0, 0.1) is 22.7 Å². The SMILES string of the molecule is C[C@H](C#N)OC(=O)c1cccnc1S[C@@H](C)C#N. The third-order valence-corrected chi connectivity index (χ3v) is 2.93. The van der Waals surface area contributed by atoms with E-state index in [-0.39, 0.29) is 10.8 Å². The second-order valence-corrected chi connectivity index (χ2v) is 4.75. The number of rotatable bonds is 4. The first-order valence-corrected chi connectivity index (χ1v) is 6.08. The maximum atomic E-state index is 11.8. The Labute approximate surface area is 109 Å². The molecule has 92 valence electrons. The Morgan fingerprint density at radius 1 is 1.44 bits per heavy atom. The lowest BCUT2D eigenvalue weighted by Gasteiger charge is -2.09. The van der Waals surface area contributed by atoms with E-state index in [4.69, 9.17) is 15.3 Å². The summed E-state index contributed by atoms with van der Waals surface area (Å²) in [6.07, 6.45) is 0.723. The highest BCUT2D eigenvalue weighted by molar-refractivity contribution is 8.00. The van der Waals surface area contributed by atoms with Crippen LogP contribution in [0.4, 0.5) is 0 Å². The van der Waals surface area contributed by atoms with Gasteiger partial charge in [-0.15, -0.1) is 0 Å². The zero-order valence-electron chi connectivity index (χ0n) is 9.95. The summed E-state index contributed by atoms with van der Waals surface area (Å²) >= 11 is 1.18. The number of carbonyl (C=O) groups excluding carboxylic acids is 1. The summed E-state index contributed by atoms with van der Waals surface area (Å²) in [4.78, 5) is 15.8. The van der Waals surface area contributed by atoms with Gasteiger partial charge in [0.1, 0.15) is 11.1 Å². The van der Waals surface area contributed by atoms with Crippen LogP contribution in [-0.4, -0.2) is 22.3 Å². The molecule has 18 heavy (non-hydrogen) atoms. The lowest BCUT2D eigenvalue weighted by Crippen LogP contribution is -2.14. The average Bonchev–Trinajstić information content (AvgIpc) is 2.38. The summed E-state index contributed by atoms with van der Waals surface area (Å²) in [5.74, 6) is -0.607. The van der Waals surface area contributed by atoms with Crippen LogP contribution in [0.15, 0.2) is 23.4 Å². The minimum Gasteiger partial charge on any atom is -0.444 e. The second kappa shape index (κ2) is 6.63. The molecule has 0 unspecified atom stereocenters. The summed E-state index contributed by atoms with van der Waals surface area (Å²) in [7, 11) is 0. The van der Waals surface area contributed by atoms with E-state index in [1.54, 1.807) is 19.1 Å². The third kappa shape index (κ3) is 3.76. The molecule has 0 aliphatic carbocycles. The molecule has 0 spiro atoms. The molecule has 0 radical (unpaired) electrons. The molecule has 0 saturated heterocycles. The van der Waals surface area contributed by atoms with E-state index < -0.39 is 12.1 Å². The van der Waals surface area contributed by atoms with Crippen LogP contribution in [0.2, 0.25) is 0 Å². The van der Waals surface area contributed by atoms with E-state index in [0.717, 1.165) is 0 Å². The number of ether oxygens (including phenoxy) is 1. The van der Waals surface area contributed by atoms with Crippen molar-refractivity contribution in [1.29, 1.82) is 10.5 Å². The molecule has 1 aromatic rings. The zero-order valence-corrected chi connectivity index (χ0v) is 10.8. The van der Waals surface area contributed by atoms with E-state index >= 15 is 0 Å². The van der Waals surface area contributed by atoms with Gasteiger partial charge in [-0.1, -0.05) is 11.8 Å². The highest BCUT2D eigenvalue weighted by atomic mass is 32.2. The molecule has 1 rings (SSSR count). The van der Waals surface area contributed by atoms with Crippen molar-refractivity contribution in [3.05, 3.63) is 23.9 Å². The molecule has 5 nitrogen and oxygen atoms in total. The van der Waals surface area contributed by atoms with Crippen molar-refractivity contribution < 1.29 is 9.53 Å². The van der Waals surface area contributed by atoms with E-state index in [1.807, 2.05) is 6.07 Å². The van der Waals surface area contributed by atoms with E-state index in [9.17, 15) is 4.79 Å². The van der Waals surface area contributed by atoms with Crippen molar-refractivity contribution in [2.24, 2.45) is 0 Å². The topological polar surface area (TPSA) is 86.8 Å². The fourth-order valence-electron chi connectivity index (χ4n) is 1.08. The molecule has 1 aromatic heterocycles. The molecule has 0 saturated carbocycles. The Morgan fingerprint density at radius 2 is 2.17 bits per heavy atom. The number of nitrogens with zero attached hydrogens (tertiary/aromatic N) is 3. The van der Waals surface area contributed by atoms with Gasteiger partial charge in [0.15, 0.2) is 6.10 Å². The number of hydrogen-bond acceptors (Lipinski definition) is 6. The average molecular weight is 261 g/mol. The Hall–Kier alpha value is -2.05. The first-order valence-electron chi connectivity index (χ1n) is 5.20. The van der Waals surface area contributed by atoms with Crippen LogP contribution >= 0.6 is 11.8 Å². The minimum absolute atomic E-state index is 0.270. The molecule has 0 aliphatic rings. The van der Waals surface area contributed by atoms with Gasteiger partial charge in [-0.2, -0.15) is 10.5 Å². The maximum absolute atomic E-state index is 11.8. The molecule has 6 heteroatoms. The smallest absolute Gasteiger partial charge is 0.342 e. The lowest BCUT2D eigenvalue weighted by molar-refractivity contribution is 0.0430. The monoisotopic (exact) mass is 261 g/mol. The summed E-state index contributed by atoms with van der Waals surface area (Å²) in [6, 6.07) is 7.03. The van der Waals surface area contributed by atoms with Crippen molar-refractivity contribution >= 4 is 17.7 Å². The van der Waals surface area contributed by atoms with E-state index in [2.05, 4.69) is 11.1 Å². The zero-order chi connectivity index (χ0) is 13.5. The van der Waals surface area contributed by atoms with Gasteiger partial charge in [0.2, 0.25) is 0 Å². The van der Waals surface area contributed by atoms with Gasteiger partial charge in [-0.3, -0.25) is 0 Å². The fraction of sp³-hybridized carbons (Fsp3) is 0.333. The third-order valence-electron chi connectivity index (χ3n) is 1.93. The summed E-state index contributed by atoms with van der Waals surface area (Å²) < 4.78 is 4.91. The number of esters is 1. The van der Waals surface area contributed by atoms with Crippen LogP contribution in [0.5, 0.6) is 0 Å². The maximum Gasteiger partial charge on any atom is 0.342 e. The van der Waals surface area contributed by atoms with Gasteiger partial charge in [-0.25, -0.2) is 9.78 Å². The Morgan fingerprint density at radius 3 is 2.78 bits per heavy atom. The Kier molecular flexibility index (Phi) is 5.16. The molecule has 2 atom stereocenters. The largest absolute Gasteiger partial charge is 0.444 e. The van der Waals surface area contributed by atoms with Crippen molar-refractivity contribution in [3.8, 4) is 12.1 Å². The molecule has 0 bridgehead atoms. The van der Waals surface area contributed by atoms with Crippen molar-refractivity contribution in [1.82, 2.24) is 4.98 Å². The summed E-state index contributed by atoms with van der Waals surface area (Å²) in [5, 5.41) is 17.5. The Bertz CT molecular complexity index is 519. The van der Waals surface area contributed by atoms with Gasteiger partial charge in [0.05, 0.1) is 16.9 Å². The Balaban J connectivity index is 2.92. The predicted molar refractivity (Wildman–Crippen MR) is 65.7 cm³/mol. The molecule has 0 fully saturated rings. The quantitative estimate of drug-likeness (QED) is 0.609. The molecular weight excluding hydrogens is 250 g/mol. The molecule has 0 N–H and O–H groups in total. The molecule has 0 aliphatic heterocycles. The molecular formula is C12H11N3O2S. The molecule has 0 amide bonds. The van der Waals surface area contributed by atoms with Gasteiger partial charge in [0.25, 0.3) is 0 Å². The first-order chi connectivity index (χ1) is 8.58. The first kappa shape index (κ1) is 14.0.